The van der Waals surface area contributed by atoms with Crippen LogP contribution < -0.4 is 5.32 Å². The SMILES string of the molecule is COCCN1C2CCC1([C@H](NC(=O)c1ccccc1C(F)(F)F)c1ccccc1)CC2. The molecule has 0 unspecified atom stereocenters. The van der Waals surface area contributed by atoms with E-state index in [1.807, 2.05) is 30.3 Å². The van der Waals surface area contributed by atoms with Crippen molar-refractivity contribution in [3.63, 3.8) is 0 Å². The molecular formula is C24H27F3N2O2. The first-order valence-electron chi connectivity index (χ1n) is 10.6. The number of amides is 1. The van der Waals surface area contributed by atoms with Crippen molar-refractivity contribution in [3.8, 4) is 0 Å². The number of carbonyl (C=O) groups is 1. The van der Waals surface area contributed by atoms with Crippen molar-refractivity contribution in [1.29, 1.82) is 0 Å². The lowest BCUT2D eigenvalue weighted by Crippen LogP contribution is -2.53. The summed E-state index contributed by atoms with van der Waals surface area (Å²) in [6.07, 6.45) is -0.779. The monoisotopic (exact) mass is 432 g/mol. The summed E-state index contributed by atoms with van der Waals surface area (Å²) in [7, 11) is 1.66. The Kier molecular flexibility index (Phi) is 6.08. The summed E-state index contributed by atoms with van der Waals surface area (Å²) in [5, 5.41) is 3.01. The van der Waals surface area contributed by atoms with Gasteiger partial charge in [0.05, 0.1) is 23.8 Å². The maximum atomic E-state index is 13.5. The quantitative estimate of drug-likeness (QED) is 0.682. The molecular weight excluding hydrogens is 405 g/mol. The maximum absolute atomic E-state index is 13.5. The Morgan fingerprint density at radius 3 is 2.42 bits per heavy atom. The molecule has 2 saturated heterocycles. The molecule has 4 nitrogen and oxygen atoms in total. The van der Waals surface area contributed by atoms with Crippen LogP contribution in [0, 0.1) is 0 Å². The van der Waals surface area contributed by atoms with Gasteiger partial charge in [0.2, 0.25) is 0 Å². The Hall–Kier alpha value is -2.38. The standard InChI is InChI=1S/C24H27F3N2O2/c1-31-16-15-29-18-11-13-23(29,14-12-18)21(17-7-3-2-4-8-17)28-22(30)19-9-5-6-10-20(19)24(25,26)27/h2-10,18,21H,11-16H2,1H3,(H,28,30)/t18?,21-,23?/m1/s1. The third-order valence-electron chi connectivity index (χ3n) is 6.79. The Labute approximate surface area is 180 Å². The van der Waals surface area contributed by atoms with Gasteiger partial charge in [-0.25, -0.2) is 0 Å². The summed E-state index contributed by atoms with van der Waals surface area (Å²) < 4.78 is 45.9. The minimum atomic E-state index is -4.59. The van der Waals surface area contributed by atoms with Gasteiger partial charge < -0.3 is 10.1 Å². The molecule has 166 valence electrons. The predicted octanol–water partition coefficient (Wildman–Crippen LogP) is 4.82. The van der Waals surface area contributed by atoms with Crippen LogP contribution in [-0.2, 0) is 10.9 Å². The highest BCUT2D eigenvalue weighted by Gasteiger charge is 2.56. The number of benzene rings is 2. The molecule has 0 aliphatic carbocycles. The fourth-order valence-electron chi connectivity index (χ4n) is 5.42. The summed E-state index contributed by atoms with van der Waals surface area (Å²) >= 11 is 0. The molecule has 2 aromatic rings. The van der Waals surface area contributed by atoms with Crippen molar-refractivity contribution >= 4 is 5.91 Å². The number of carbonyl (C=O) groups excluding carboxylic acids is 1. The van der Waals surface area contributed by atoms with E-state index in [4.69, 9.17) is 4.74 Å². The zero-order valence-electron chi connectivity index (χ0n) is 17.5. The molecule has 2 heterocycles. The highest BCUT2D eigenvalue weighted by atomic mass is 19.4. The molecule has 2 aliphatic heterocycles. The van der Waals surface area contributed by atoms with Crippen molar-refractivity contribution in [3.05, 3.63) is 71.3 Å². The van der Waals surface area contributed by atoms with Gasteiger partial charge in [0.25, 0.3) is 5.91 Å². The number of fused-ring (bicyclic) bond motifs is 2. The van der Waals surface area contributed by atoms with Crippen LogP contribution in [0.4, 0.5) is 13.2 Å². The van der Waals surface area contributed by atoms with Gasteiger partial charge in [-0.3, -0.25) is 9.69 Å². The normalized spacial score (nSPS) is 24.3. The molecule has 2 bridgehead atoms. The lowest BCUT2D eigenvalue weighted by molar-refractivity contribution is -0.137. The van der Waals surface area contributed by atoms with E-state index in [-0.39, 0.29) is 11.1 Å². The first-order valence-corrected chi connectivity index (χ1v) is 10.6. The van der Waals surface area contributed by atoms with Gasteiger partial charge in [0.1, 0.15) is 0 Å². The first kappa shape index (κ1) is 21.8. The van der Waals surface area contributed by atoms with Crippen molar-refractivity contribution in [2.45, 2.75) is 49.5 Å². The number of nitrogens with one attached hydrogen (secondary N) is 1. The minimum Gasteiger partial charge on any atom is -0.383 e. The Morgan fingerprint density at radius 2 is 1.77 bits per heavy atom. The van der Waals surface area contributed by atoms with Crippen molar-refractivity contribution in [2.24, 2.45) is 0 Å². The number of alkyl halides is 3. The summed E-state index contributed by atoms with van der Waals surface area (Å²) in [5.41, 5.74) is -0.676. The van der Waals surface area contributed by atoms with E-state index >= 15 is 0 Å². The predicted molar refractivity (Wildman–Crippen MR) is 112 cm³/mol. The van der Waals surface area contributed by atoms with E-state index < -0.39 is 23.7 Å². The van der Waals surface area contributed by atoms with Gasteiger partial charge in [-0.15, -0.1) is 0 Å². The van der Waals surface area contributed by atoms with Gasteiger partial charge in [-0.2, -0.15) is 13.2 Å². The van der Waals surface area contributed by atoms with Gasteiger partial charge in [0, 0.05) is 25.2 Å². The largest absolute Gasteiger partial charge is 0.417 e. The zero-order valence-corrected chi connectivity index (χ0v) is 17.5. The second-order valence-electron chi connectivity index (χ2n) is 8.38. The third-order valence-corrected chi connectivity index (χ3v) is 6.79. The Morgan fingerprint density at radius 1 is 1.13 bits per heavy atom. The van der Waals surface area contributed by atoms with E-state index in [1.54, 1.807) is 7.11 Å². The number of hydrogen-bond acceptors (Lipinski definition) is 3. The second-order valence-corrected chi connectivity index (χ2v) is 8.38. The lowest BCUT2D eigenvalue weighted by Gasteiger charge is -2.42. The molecule has 2 aromatic carbocycles. The number of halogens is 3. The van der Waals surface area contributed by atoms with Crippen molar-refractivity contribution in [1.82, 2.24) is 10.2 Å². The van der Waals surface area contributed by atoms with Crippen molar-refractivity contribution < 1.29 is 22.7 Å². The van der Waals surface area contributed by atoms with Gasteiger partial charge in [-0.05, 0) is 43.4 Å². The molecule has 2 aliphatic rings. The van der Waals surface area contributed by atoms with Crippen LogP contribution in [0.25, 0.3) is 0 Å². The molecule has 1 N–H and O–H groups in total. The molecule has 2 fully saturated rings. The maximum Gasteiger partial charge on any atom is 0.417 e. The van der Waals surface area contributed by atoms with Crippen LogP contribution in [0.3, 0.4) is 0 Å². The average Bonchev–Trinajstić information content (AvgIpc) is 3.31. The van der Waals surface area contributed by atoms with Crippen LogP contribution in [0.2, 0.25) is 0 Å². The number of methoxy groups -OCH3 is 1. The highest BCUT2D eigenvalue weighted by Crippen LogP contribution is 2.52. The third kappa shape index (κ3) is 4.08. The molecule has 0 aromatic heterocycles. The van der Waals surface area contributed by atoms with E-state index in [0.29, 0.717) is 12.6 Å². The highest BCUT2D eigenvalue weighted by molar-refractivity contribution is 5.96. The van der Waals surface area contributed by atoms with Crippen LogP contribution in [-0.4, -0.2) is 42.6 Å². The summed E-state index contributed by atoms with van der Waals surface area (Å²) in [4.78, 5) is 15.6. The Bertz CT molecular complexity index is 909. The molecule has 0 saturated carbocycles. The summed E-state index contributed by atoms with van der Waals surface area (Å²) in [6, 6.07) is 14.5. The van der Waals surface area contributed by atoms with Crippen molar-refractivity contribution in [2.75, 3.05) is 20.3 Å². The average molecular weight is 432 g/mol. The number of ether oxygens (including phenoxy) is 1. The number of rotatable bonds is 7. The van der Waals surface area contributed by atoms with Gasteiger partial charge >= 0.3 is 6.18 Å². The van der Waals surface area contributed by atoms with E-state index in [2.05, 4.69) is 10.2 Å². The number of nitrogens with zero attached hydrogens (tertiary/aromatic N) is 1. The van der Waals surface area contributed by atoms with E-state index in [9.17, 15) is 18.0 Å². The van der Waals surface area contributed by atoms with Crippen LogP contribution in [0.5, 0.6) is 0 Å². The minimum absolute atomic E-state index is 0.326. The fraction of sp³-hybridized carbons (Fsp3) is 0.458. The van der Waals surface area contributed by atoms with Crippen LogP contribution in [0.1, 0.15) is 53.2 Å². The molecule has 7 heteroatoms. The summed E-state index contributed by atoms with van der Waals surface area (Å²) in [5.74, 6) is -0.696. The topological polar surface area (TPSA) is 41.6 Å². The smallest absolute Gasteiger partial charge is 0.383 e. The zero-order chi connectivity index (χ0) is 22.1. The molecule has 0 spiro atoms. The van der Waals surface area contributed by atoms with E-state index in [0.717, 1.165) is 43.9 Å². The van der Waals surface area contributed by atoms with Gasteiger partial charge in [-0.1, -0.05) is 42.5 Å². The molecule has 4 rings (SSSR count). The molecule has 31 heavy (non-hydrogen) atoms. The van der Waals surface area contributed by atoms with Gasteiger partial charge in [0.15, 0.2) is 0 Å². The summed E-state index contributed by atoms with van der Waals surface area (Å²) in [6.45, 7) is 1.31. The van der Waals surface area contributed by atoms with Crippen LogP contribution >= 0.6 is 0 Å². The lowest BCUT2D eigenvalue weighted by atomic mass is 9.78. The second kappa shape index (κ2) is 8.63. The first-order chi connectivity index (χ1) is 14.9. The number of hydrogen-bond donors (Lipinski definition) is 1. The Balaban J connectivity index is 1.71. The molecule has 1 atom stereocenters. The molecule has 0 radical (unpaired) electrons. The van der Waals surface area contributed by atoms with E-state index in [1.165, 1.54) is 18.2 Å². The fourth-order valence-corrected chi connectivity index (χ4v) is 5.42. The molecule has 1 amide bonds. The van der Waals surface area contributed by atoms with Crippen LogP contribution in [0.15, 0.2) is 54.6 Å².